The van der Waals surface area contributed by atoms with E-state index in [1.807, 2.05) is 6.08 Å². The van der Waals surface area contributed by atoms with Gasteiger partial charge in [0, 0.05) is 27.9 Å². The average molecular weight is 834 g/mol. The van der Waals surface area contributed by atoms with E-state index in [9.17, 15) is 0 Å². The molecule has 1 nitrogen and oxygen atoms in total. The second kappa shape index (κ2) is 15.5. The molecule has 0 aromatic heterocycles. The Balaban J connectivity index is 0.933. The molecule has 0 radical (unpaired) electrons. The number of benzene rings is 9. The number of hydrogen-bond acceptors (Lipinski definition) is 1. The maximum absolute atomic E-state index is 4.41. The van der Waals surface area contributed by atoms with Gasteiger partial charge in [-0.25, -0.2) is 0 Å². The van der Waals surface area contributed by atoms with Crippen molar-refractivity contribution in [1.29, 1.82) is 0 Å². The van der Waals surface area contributed by atoms with Gasteiger partial charge in [0.2, 0.25) is 0 Å². The highest BCUT2D eigenvalue weighted by Gasteiger charge is 2.42. The van der Waals surface area contributed by atoms with Gasteiger partial charge in [0.15, 0.2) is 0 Å². The number of fused-ring (bicyclic) bond motifs is 6. The third-order valence-electron chi connectivity index (χ3n) is 14.2. The third kappa shape index (κ3) is 6.61. The van der Waals surface area contributed by atoms with Crippen LogP contribution >= 0.6 is 0 Å². The molecule has 0 fully saturated rings. The molecule has 9 aromatic rings. The second-order valence-electron chi connectivity index (χ2n) is 18.7. The molecule has 0 bridgehead atoms. The first kappa shape index (κ1) is 40.1. The van der Waals surface area contributed by atoms with Gasteiger partial charge in [-0.3, -0.25) is 0 Å². The molecule has 0 saturated carbocycles. The Morgan fingerprint density at radius 1 is 0.369 bits per heavy atom. The highest BCUT2D eigenvalue weighted by atomic mass is 15.1. The SMILES string of the molecule is C=C/C=c1/c2c(ccc1=C)C(C)(C)c1cc3c(cc1-2)C(C)(C)c1cccc(-c2ccc(-c4ccc(N(c5ccc(-c6ccccc6)cc5)c5ccc(-c6ccccc6)cc5)cc4)cc2)c1-3. The topological polar surface area (TPSA) is 3.24 Å². The molecule has 0 aliphatic heterocycles. The predicted octanol–water partition coefficient (Wildman–Crippen LogP) is 15.8. The second-order valence-corrected chi connectivity index (χ2v) is 18.7. The number of allylic oxidation sites excluding steroid dienone is 1. The summed E-state index contributed by atoms with van der Waals surface area (Å²) in [4.78, 5) is 2.35. The largest absolute Gasteiger partial charge is 0.311 e. The lowest BCUT2D eigenvalue weighted by Crippen LogP contribution is -2.27. The van der Waals surface area contributed by atoms with Crippen molar-refractivity contribution in [2.45, 2.75) is 38.5 Å². The van der Waals surface area contributed by atoms with Crippen LogP contribution in [0.3, 0.4) is 0 Å². The Bertz CT molecular complexity index is 3310. The van der Waals surface area contributed by atoms with Gasteiger partial charge in [-0.2, -0.15) is 0 Å². The summed E-state index contributed by atoms with van der Waals surface area (Å²) in [6.07, 6.45) is 4.02. The van der Waals surface area contributed by atoms with Crippen molar-refractivity contribution in [1.82, 2.24) is 0 Å². The Morgan fingerprint density at radius 3 is 1.23 bits per heavy atom. The fraction of sp³-hybridized carbons (Fsp3) is 0.0938. The average Bonchev–Trinajstić information content (AvgIpc) is 3.72. The van der Waals surface area contributed by atoms with Crippen LogP contribution in [-0.4, -0.2) is 0 Å². The highest BCUT2D eigenvalue weighted by Crippen LogP contribution is 2.57. The van der Waals surface area contributed by atoms with Gasteiger partial charge in [0.05, 0.1) is 0 Å². The molecular weight excluding hydrogens is 783 g/mol. The van der Waals surface area contributed by atoms with Crippen LogP contribution in [0.4, 0.5) is 17.1 Å². The van der Waals surface area contributed by atoms with E-state index in [0.29, 0.717) is 0 Å². The first-order chi connectivity index (χ1) is 31.6. The first-order valence-electron chi connectivity index (χ1n) is 22.7. The number of hydrogen-bond donors (Lipinski definition) is 0. The summed E-state index contributed by atoms with van der Waals surface area (Å²) in [5, 5.41) is 2.21. The van der Waals surface area contributed by atoms with E-state index in [1.165, 1.54) is 94.2 Å². The van der Waals surface area contributed by atoms with Gasteiger partial charge in [-0.05, 0) is 148 Å². The summed E-state index contributed by atoms with van der Waals surface area (Å²) in [5.74, 6) is 0. The van der Waals surface area contributed by atoms with E-state index in [0.717, 1.165) is 22.3 Å². The van der Waals surface area contributed by atoms with Crippen molar-refractivity contribution in [3.8, 4) is 66.8 Å². The standard InChI is InChI=1S/C64H51N/c1-7-15-53-42(2)22-39-58-61(53)55-40-60-56(41-59(55)64(58,5)6)62-54(20-14-21-57(62)63(60,3)4)49-25-23-45(24-26-49)48-31-37-52(38-32-48)65(50-33-27-46(28-34-50)43-16-10-8-11-17-43)51-35-29-47(30-36-51)44-18-12-9-13-19-44/h7-41H,1-2H2,3-6H3/b53-15+. The molecule has 1 heteroatoms. The molecule has 0 heterocycles. The Labute approximate surface area is 383 Å². The quantitative estimate of drug-likeness (QED) is 0.147. The lowest BCUT2D eigenvalue weighted by atomic mass is 9.79. The van der Waals surface area contributed by atoms with E-state index < -0.39 is 0 Å². The molecule has 0 atom stereocenters. The predicted molar refractivity (Wildman–Crippen MR) is 277 cm³/mol. The van der Waals surface area contributed by atoms with Crippen LogP contribution in [0.2, 0.25) is 0 Å². The van der Waals surface area contributed by atoms with Crippen molar-refractivity contribution in [2.75, 3.05) is 4.90 Å². The van der Waals surface area contributed by atoms with Crippen LogP contribution in [-0.2, 0) is 10.8 Å². The van der Waals surface area contributed by atoms with Crippen molar-refractivity contribution in [3.05, 3.63) is 246 Å². The molecule has 312 valence electrons. The van der Waals surface area contributed by atoms with Crippen LogP contribution < -0.4 is 15.3 Å². The van der Waals surface area contributed by atoms with Crippen LogP contribution in [0.1, 0.15) is 49.9 Å². The minimum Gasteiger partial charge on any atom is -0.311 e. The Morgan fingerprint density at radius 2 is 0.769 bits per heavy atom. The molecule has 2 aliphatic carbocycles. The lowest BCUT2D eigenvalue weighted by Gasteiger charge is -2.26. The maximum atomic E-state index is 4.41. The third-order valence-corrected chi connectivity index (χ3v) is 14.2. The molecule has 0 N–H and O–H groups in total. The normalized spacial score (nSPS) is 14.0. The van der Waals surface area contributed by atoms with E-state index in [4.69, 9.17) is 0 Å². The molecule has 65 heavy (non-hydrogen) atoms. The molecule has 0 saturated heterocycles. The highest BCUT2D eigenvalue weighted by molar-refractivity contribution is 5.96. The fourth-order valence-corrected chi connectivity index (χ4v) is 10.7. The minimum atomic E-state index is -0.156. The minimum absolute atomic E-state index is 0.146. The van der Waals surface area contributed by atoms with Gasteiger partial charge >= 0.3 is 0 Å². The van der Waals surface area contributed by atoms with Crippen LogP contribution in [0.5, 0.6) is 0 Å². The summed E-state index contributed by atoms with van der Waals surface area (Å²) in [7, 11) is 0. The Hall–Kier alpha value is -7.74. The number of anilines is 3. The van der Waals surface area contributed by atoms with Gasteiger partial charge in [-0.15, -0.1) is 0 Å². The van der Waals surface area contributed by atoms with E-state index >= 15 is 0 Å². The van der Waals surface area contributed by atoms with E-state index in [1.54, 1.807) is 0 Å². The molecule has 9 aromatic carbocycles. The summed E-state index contributed by atoms with van der Waals surface area (Å²) in [6, 6.07) is 73.4. The molecule has 0 spiro atoms. The zero-order valence-corrected chi connectivity index (χ0v) is 37.6. The summed E-state index contributed by atoms with van der Waals surface area (Å²) < 4.78 is 0. The van der Waals surface area contributed by atoms with Crippen molar-refractivity contribution in [2.24, 2.45) is 0 Å². The van der Waals surface area contributed by atoms with Crippen LogP contribution in [0.15, 0.2) is 213 Å². The molecule has 0 unspecified atom stereocenters. The zero-order chi connectivity index (χ0) is 44.5. The van der Waals surface area contributed by atoms with Gasteiger partial charge in [-0.1, -0.05) is 205 Å². The van der Waals surface area contributed by atoms with Crippen molar-refractivity contribution in [3.63, 3.8) is 0 Å². The van der Waals surface area contributed by atoms with Gasteiger partial charge < -0.3 is 4.90 Å². The lowest BCUT2D eigenvalue weighted by molar-refractivity contribution is 0.652. The van der Waals surface area contributed by atoms with Gasteiger partial charge in [0.25, 0.3) is 0 Å². The van der Waals surface area contributed by atoms with Crippen LogP contribution in [0, 0.1) is 0 Å². The van der Waals surface area contributed by atoms with Crippen molar-refractivity contribution < 1.29 is 0 Å². The summed E-state index contributed by atoms with van der Waals surface area (Å²) in [6.45, 7) is 18.0. The van der Waals surface area contributed by atoms with E-state index in [-0.39, 0.29) is 10.8 Å². The molecule has 2 aliphatic rings. The van der Waals surface area contributed by atoms with Gasteiger partial charge in [0.1, 0.15) is 0 Å². The summed E-state index contributed by atoms with van der Waals surface area (Å²) in [5.41, 5.74) is 23.5. The first-order valence-corrected chi connectivity index (χ1v) is 22.7. The molecular formula is C64H51N. The number of nitrogens with zero attached hydrogens (tertiary/aromatic N) is 1. The molecule has 11 rings (SSSR count). The van der Waals surface area contributed by atoms with Crippen molar-refractivity contribution >= 4 is 29.7 Å². The monoisotopic (exact) mass is 833 g/mol. The molecule has 0 amide bonds. The fourth-order valence-electron chi connectivity index (χ4n) is 10.7. The van der Waals surface area contributed by atoms with Crippen LogP contribution in [0.25, 0.3) is 79.4 Å². The Kier molecular flexibility index (Phi) is 9.56. The van der Waals surface area contributed by atoms with E-state index in [2.05, 4.69) is 252 Å². The maximum Gasteiger partial charge on any atom is 0.0462 e. The summed E-state index contributed by atoms with van der Waals surface area (Å²) >= 11 is 0. The zero-order valence-electron chi connectivity index (χ0n) is 37.6. The number of rotatable bonds is 8. The smallest absolute Gasteiger partial charge is 0.0462 e.